The van der Waals surface area contributed by atoms with Gasteiger partial charge in [0, 0.05) is 12.5 Å². The standard InChI is InChI=1S/C21H28N8O13P2/c22-17-14-19(27-21(24)26-17)29(8-25-14)13-4-10(30)11(40-13)6-38-43(34,35)42-44(36,37)39-7-12-15(31)16(32)20(41-12)28-3-1-2-9(5-28)18(23)33/h1-3,5,8,10-13,15-16,20,30-32H,4,6-7H2,(H7-,22,23,24,26,27,33,34,35,36,37)/p+1/t10-,11+,12+,13+,15+,16+,20+/m0/s1. The van der Waals surface area contributed by atoms with Crippen molar-refractivity contribution in [2.24, 2.45) is 5.73 Å². The molecule has 2 saturated heterocycles. The van der Waals surface area contributed by atoms with E-state index in [0.29, 0.717) is 0 Å². The predicted octanol–water partition coefficient (Wildman–Crippen LogP) is -2.40. The number of hydrogen-bond donors (Lipinski definition) is 8. The van der Waals surface area contributed by atoms with Gasteiger partial charge in [0.2, 0.25) is 5.95 Å². The number of anilines is 2. The molecule has 0 aromatic carbocycles. The summed E-state index contributed by atoms with van der Waals surface area (Å²) < 4.78 is 52.5. The number of amides is 1. The van der Waals surface area contributed by atoms with Gasteiger partial charge in [0.05, 0.1) is 25.6 Å². The number of phosphoric acid groups is 2. The van der Waals surface area contributed by atoms with E-state index in [1.165, 1.54) is 40.0 Å². The second-order valence-electron chi connectivity index (χ2n) is 9.78. The molecule has 3 aromatic rings. The van der Waals surface area contributed by atoms with Gasteiger partial charge >= 0.3 is 15.6 Å². The van der Waals surface area contributed by atoms with E-state index < -0.39 is 77.7 Å². The topological polar surface area (TPSA) is 324 Å². The molecule has 2 aliphatic heterocycles. The van der Waals surface area contributed by atoms with Crippen LogP contribution in [-0.2, 0) is 32.0 Å². The van der Waals surface area contributed by atoms with Gasteiger partial charge in [-0.15, -0.1) is 0 Å². The van der Waals surface area contributed by atoms with Crippen molar-refractivity contribution >= 4 is 44.5 Å². The molecule has 21 nitrogen and oxygen atoms in total. The molecule has 2 aliphatic rings. The zero-order valence-corrected chi connectivity index (χ0v) is 24.2. The molecule has 5 heterocycles. The van der Waals surface area contributed by atoms with Crippen LogP contribution in [0.25, 0.3) is 11.2 Å². The zero-order valence-electron chi connectivity index (χ0n) is 22.4. The monoisotopic (exact) mass is 663 g/mol. The summed E-state index contributed by atoms with van der Waals surface area (Å²) in [7, 11) is -10.6. The highest BCUT2D eigenvalue weighted by atomic mass is 31.3. The Balaban J connectivity index is 1.15. The van der Waals surface area contributed by atoms with Crippen LogP contribution in [0.2, 0.25) is 0 Å². The first-order valence-corrected chi connectivity index (χ1v) is 15.7. The number of aromatic nitrogens is 5. The Morgan fingerprint density at radius 1 is 1.07 bits per heavy atom. The van der Waals surface area contributed by atoms with Crippen molar-refractivity contribution in [1.29, 1.82) is 0 Å². The van der Waals surface area contributed by atoms with Crippen molar-refractivity contribution in [3.8, 4) is 0 Å². The molecule has 44 heavy (non-hydrogen) atoms. The second-order valence-corrected chi connectivity index (χ2v) is 12.8. The van der Waals surface area contributed by atoms with E-state index in [9.17, 15) is 39.0 Å². The van der Waals surface area contributed by atoms with E-state index in [-0.39, 0.29) is 34.9 Å². The number of carbonyl (C=O) groups is 1. The molecule has 2 unspecified atom stereocenters. The van der Waals surface area contributed by atoms with E-state index in [2.05, 4.69) is 19.3 Å². The maximum Gasteiger partial charge on any atom is 0.481 e. The molecule has 2 fully saturated rings. The Hall–Kier alpha value is -3.17. The molecule has 23 heteroatoms. The Bertz CT molecular complexity index is 1640. The van der Waals surface area contributed by atoms with Crippen LogP contribution < -0.4 is 21.8 Å². The molecule has 0 bridgehead atoms. The number of primary amides is 1. The number of imidazole rings is 1. The number of phosphoric ester groups is 2. The Kier molecular flexibility index (Phi) is 9.02. The van der Waals surface area contributed by atoms with Crippen LogP contribution in [0.1, 0.15) is 29.2 Å². The zero-order chi connectivity index (χ0) is 32.0. The molecular weight excluding hydrogens is 634 g/mol. The van der Waals surface area contributed by atoms with E-state index in [0.717, 1.165) is 0 Å². The summed E-state index contributed by atoms with van der Waals surface area (Å²) in [6.45, 7) is -1.63. The normalized spacial score (nSPS) is 29.9. The number of nitrogens with two attached hydrogens (primary N) is 3. The molecular formula is C21H29N8O13P2+. The van der Waals surface area contributed by atoms with Crippen LogP contribution in [0.15, 0.2) is 30.9 Å². The van der Waals surface area contributed by atoms with Gasteiger partial charge < -0.3 is 51.8 Å². The first-order chi connectivity index (χ1) is 20.6. The fraction of sp³-hybridized carbons (Fsp3) is 0.476. The summed E-state index contributed by atoms with van der Waals surface area (Å²) in [5, 5.41) is 31.1. The van der Waals surface area contributed by atoms with Gasteiger partial charge in [0.1, 0.15) is 35.6 Å². The van der Waals surface area contributed by atoms with Crippen LogP contribution in [0.3, 0.4) is 0 Å². The average molecular weight is 663 g/mol. The Morgan fingerprint density at radius 2 is 1.75 bits per heavy atom. The fourth-order valence-electron chi connectivity index (χ4n) is 4.63. The van der Waals surface area contributed by atoms with Gasteiger partial charge in [0.25, 0.3) is 12.1 Å². The third-order valence-electron chi connectivity index (χ3n) is 6.73. The number of fused-ring (bicyclic) bond motifs is 1. The average Bonchev–Trinajstić information content (AvgIpc) is 3.61. The Labute approximate surface area is 246 Å². The molecule has 0 spiro atoms. The highest BCUT2D eigenvalue weighted by Gasteiger charge is 2.49. The van der Waals surface area contributed by atoms with E-state index in [4.69, 9.17) is 35.7 Å². The van der Waals surface area contributed by atoms with E-state index in [1.807, 2.05) is 0 Å². The number of aliphatic hydroxyl groups is 3. The lowest BCUT2D eigenvalue weighted by molar-refractivity contribution is -0.765. The van der Waals surface area contributed by atoms with Crippen LogP contribution in [0.4, 0.5) is 11.8 Å². The number of aliphatic hydroxyl groups excluding tert-OH is 3. The van der Waals surface area contributed by atoms with Crippen molar-refractivity contribution in [2.75, 3.05) is 24.7 Å². The number of hydrogen-bond acceptors (Lipinski definition) is 16. The number of pyridine rings is 1. The van der Waals surface area contributed by atoms with Crippen molar-refractivity contribution in [3.63, 3.8) is 0 Å². The summed E-state index contributed by atoms with van der Waals surface area (Å²) in [6, 6.07) is 2.85. The number of nitrogen functional groups attached to an aromatic ring is 2. The second kappa shape index (κ2) is 12.3. The predicted molar refractivity (Wildman–Crippen MR) is 142 cm³/mol. The van der Waals surface area contributed by atoms with Crippen molar-refractivity contribution in [2.45, 2.75) is 49.4 Å². The van der Waals surface area contributed by atoms with Crippen LogP contribution >= 0.6 is 15.6 Å². The van der Waals surface area contributed by atoms with Crippen molar-refractivity contribution in [3.05, 3.63) is 36.4 Å². The third-order valence-corrected chi connectivity index (χ3v) is 9.33. The largest absolute Gasteiger partial charge is 0.481 e. The Morgan fingerprint density at radius 3 is 2.43 bits per heavy atom. The number of ether oxygens (including phenoxy) is 2. The van der Waals surface area contributed by atoms with Crippen LogP contribution in [0.5, 0.6) is 0 Å². The molecule has 0 radical (unpaired) electrons. The SMILES string of the molecule is NC(=O)c1ccc[n+]([C@@H]2O[C@H](COP(=O)(O)OP(=O)(O)OC[C@H]3O[C@@H](n4cnc5c(N)nc(N)nc54)C[C@@H]3O)[C@@H](O)[C@H]2O)c1. The third kappa shape index (κ3) is 6.89. The lowest BCUT2D eigenvalue weighted by atomic mass is 10.1. The number of rotatable bonds is 11. The van der Waals surface area contributed by atoms with Crippen LogP contribution in [0, 0.1) is 0 Å². The minimum absolute atomic E-state index is 0.0246. The molecule has 0 saturated carbocycles. The number of carbonyl (C=O) groups excluding carboxylic acids is 1. The molecule has 5 rings (SSSR count). The summed E-state index contributed by atoms with van der Waals surface area (Å²) in [4.78, 5) is 43.5. The number of nitrogens with zero attached hydrogens (tertiary/aromatic N) is 5. The van der Waals surface area contributed by atoms with E-state index >= 15 is 0 Å². The highest BCUT2D eigenvalue weighted by molar-refractivity contribution is 7.61. The lowest BCUT2D eigenvalue weighted by Gasteiger charge is -2.20. The van der Waals surface area contributed by atoms with Gasteiger partial charge in [-0.3, -0.25) is 18.4 Å². The minimum atomic E-state index is -5.32. The van der Waals surface area contributed by atoms with E-state index in [1.54, 1.807) is 0 Å². The molecule has 11 N–H and O–H groups in total. The van der Waals surface area contributed by atoms with Gasteiger partial charge in [-0.05, 0) is 6.07 Å². The smallest absolute Gasteiger partial charge is 0.390 e. The summed E-state index contributed by atoms with van der Waals surface area (Å²) in [5.74, 6) is -0.853. The summed E-state index contributed by atoms with van der Waals surface area (Å²) in [5.41, 5.74) is 17.2. The van der Waals surface area contributed by atoms with Gasteiger partial charge in [0.15, 0.2) is 30.0 Å². The summed E-state index contributed by atoms with van der Waals surface area (Å²) >= 11 is 0. The first kappa shape index (κ1) is 32.2. The minimum Gasteiger partial charge on any atom is -0.390 e. The molecule has 3 aromatic heterocycles. The molecule has 0 aliphatic carbocycles. The summed E-state index contributed by atoms with van der Waals surface area (Å²) in [6.07, 6.45) is -5.13. The highest BCUT2D eigenvalue weighted by Crippen LogP contribution is 2.60. The molecule has 1 amide bonds. The van der Waals surface area contributed by atoms with Crippen molar-refractivity contribution < 1.29 is 66.4 Å². The van der Waals surface area contributed by atoms with Gasteiger partial charge in [-0.25, -0.2) is 14.1 Å². The maximum absolute atomic E-state index is 12.4. The molecule has 9 atom stereocenters. The maximum atomic E-state index is 12.4. The van der Waals surface area contributed by atoms with Crippen LogP contribution in [-0.4, -0.2) is 94.3 Å². The van der Waals surface area contributed by atoms with Gasteiger partial charge in [-0.2, -0.15) is 18.8 Å². The fourth-order valence-corrected chi connectivity index (χ4v) is 6.72. The van der Waals surface area contributed by atoms with Crippen molar-refractivity contribution in [1.82, 2.24) is 19.5 Å². The lowest BCUT2D eigenvalue weighted by Crippen LogP contribution is -2.46. The van der Waals surface area contributed by atoms with Gasteiger partial charge in [-0.1, -0.05) is 0 Å². The molecule has 240 valence electrons. The quantitative estimate of drug-likeness (QED) is 0.0782. The first-order valence-electron chi connectivity index (χ1n) is 12.7.